The van der Waals surface area contributed by atoms with Gasteiger partial charge in [-0.05, 0) is 43.4 Å². The van der Waals surface area contributed by atoms with Crippen LogP contribution in [0.25, 0.3) is 0 Å². The zero-order chi connectivity index (χ0) is 18.9. The standard InChI is InChI=1S/C22H31N3O3/c26-22(18-3-1-4-18)25-8-2-5-19(15-25)24-11-9-23(10-12-24)14-17-6-7-20-21(13-17)28-16-27-20/h6-7,13,18-19H,1-5,8-12,14-16H2. The van der Waals surface area contributed by atoms with Gasteiger partial charge in [0.15, 0.2) is 11.5 Å². The van der Waals surface area contributed by atoms with Crippen molar-refractivity contribution in [2.75, 3.05) is 46.1 Å². The molecular formula is C22H31N3O3. The first-order chi connectivity index (χ1) is 13.8. The summed E-state index contributed by atoms with van der Waals surface area (Å²) in [4.78, 5) is 19.9. The van der Waals surface area contributed by atoms with E-state index in [0.29, 0.717) is 24.7 Å². The minimum absolute atomic E-state index is 0.331. The number of amides is 1. The van der Waals surface area contributed by atoms with Crippen LogP contribution >= 0.6 is 0 Å². The van der Waals surface area contributed by atoms with Crippen LogP contribution in [0.5, 0.6) is 11.5 Å². The van der Waals surface area contributed by atoms with E-state index in [9.17, 15) is 4.79 Å². The topological polar surface area (TPSA) is 45.3 Å². The second-order valence-electron chi connectivity index (χ2n) is 8.71. The van der Waals surface area contributed by atoms with E-state index in [1.807, 2.05) is 6.07 Å². The highest BCUT2D eigenvalue weighted by molar-refractivity contribution is 5.79. The maximum Gasteiger partial charge on any atom is 0.231 e. The van der Waals surface area contributed by atoms with Crippen molar-refractivity contribution < 1.29 is 14.3 Å². The van der Waals surface area contributed by atoms with Crippen LogP contribution < -0.4 is 9.47 Å². The van der Waals surface area contributed by atoms with Gasteiger partial charge < -0.3 is 14.4 Å². The molecule has 0 bridgehead atoms. The van der Waals surface area contributed by atoms with Gasteiger partial charge in [0.25, 0.3) is 0 Å². The van der Waals surface area contributed by atoms with Gasteiger partial charge in [0.2, 0.25) is 12.7 Å². The van der Waals surface area contributed by atoms with Gasteiger partial charge in [0, 0.05) is 57.8 Å². The van der Waals surface area contributed by atoms with Crippen LogP contribution in [0, 0.1) is 5.92 Å². The van der Waals surface area contributed by atoms with Gasteiger partial charge >= 0.3 is 0 Å². The number of fused-ring (bicyclic) bond motifs is 1. The van der Waals surface area contributed by atoms with Gasteiger partial charge in [0.05, 0.1) is 0 Å². The summed E-state index contributed by atoms with van der Waals surface area (Å²) in [6.07, 6.45) is 5.84. The van der Waals surface area contributed by atoms with Gasteiger partial charge in [-0.3, -0.25) is 14.6 Å². The van der Waals surface area contributed by atoms with E-state index in [0.717, 1.165) is 76.6 Å². The summed E-state index contributed by atoms with van der Waals surface area (Å²) >= 11 is 0. The minimum Gasteiger partial charge on any atom is -0.454 e. The van der Waals surface area contributed by atoms with Crippen LogP contribution in [0.2, 0.25) is 0 Å². The van der Waals surface area contributed by atoms with Crippen molar-refractivity contribution in [2.45, 2.75) is 44.7 Å². The molecule has 1 aliphatic carbocycles. The lowest BCUT2D eigenvalue weighted by atomic mass is 9.84. The highest BCUT2D eigenvalue weighted by Gasteiger charge is 2.34. The molecule has 0 N–H and O–H groups in total. The summed E-state index contributed by atoms with van der Waals surface area (Å²) in [5, 5.41) is 0. The lowest BCUT2D eigenvalue weighted by molar-refractivity contribution is -0.140. The maximum absolute atomic E-state index is 12.6. The van der Waals surface area contributed by atoms with Crippen molar-refractivity contribution in [3.05, 3.63) is 23.8 Å². The molecule has 1 amide bonds. The first-order valence-electron chi connectivity index (χ1n) is 10.9. The summed E-state index contributed by atoms with van der Waals surface area (Å²) < 4.78 is 10.9. The van der Waals surface area contributed by atoms with Crippen molar-refractivity contribution >= 4 is 5.91 Å². The number of piperidine rings is 1. The van der Waals surface area contributed by atoms with Crippen molar-refractivity contribution in [3.63, 3.8) is 0 Å². The third-order valence-electron chi connectivity index (χ3n) is 6.93. The normalized spacial score (nSPS) is 26.3. The number of likely N-dealkylation sites (tertiary alicyclic amines) is 1. The van der Waals surface area contributed by atoms with Crippen LogP contribution in [-0.4, -0.2) is 72.7 Å². The Morgan fingerprint density at radius 3 is 2.57 bits per heavy atom. The molecule has 4 aliphatic rings. The smallest absolute Gasteiger partial charge is 0.231 e. The Balaban J connectivity index is 1.12. The van der Waals surface area contributed by atoms with E-state index in [-0.39, 0.29) is 0 Å². The lowest BCUT2D eigenvalue weighted by Gasteiger charge is -2.44. The first kappa shape index (κ1) is 18.3. The largest absolute Gasteiger partial charge is 0.454 e. The second-order valence-corrected chi connectivity index (χ2v) is 8.71. The molecule has 152 valence electrons. The number of rotatable bonds is 4. The molecule has 3 aliphatic heterocycles. The Bertz CT molecular complexity index is 713. The number of nitrogens with zero attached hydrogens (tertiary/aromatic N) is 3. The number of hydrogen-bond donors (Lipinski definition) is 0. The Labute approximate surface area is 167 Å². The van der Waals surface area contributed by atoms with E-state index in [2.05, 4.69) is 26.8 Å². The number of hydrogen-bond acceptors (Lipinski definition) is 5. The Kier molecular flexibility index (Phi) is 5.16. The van der Waals surface area contributed by atoms with Crippen LogP contribution in [-0.2, 0) is 11.3 Å². The summed E-state index contributed by atoms with van der Waals surface area (Å²) in [6.45, 7) is 7.57. The van der Waals surface area contributed by atoms with Gasteiger partial charge in [-0.25, -0.2) is 0 Å². The predicted molar refractivity (Wildman–Crippen MR) is 106 cm³/mol. The van der Waals surface area contributed by atoms with Crippen molar-refractivity contribution in [2.24, 2.45) is 5.92 Å². The fourth-order valence-corrected chi connectivity index (χ4v) is 4.95. The van der Waals surface area contributed by atoms with Crippen LogP contribution in [0.1, 0.15) is 37.7 Å². The fraction of sp³-hybridized carbons (Fsp3) is 0.682. The third kappa shape index (κ3) is 3.72. The number of carbonyl (C=O) groups is 1. The molecule has 5 rings (SSSR count). The predicted octanol–water partition coefficient (Wildman–Crippen LogP) is 2.32. The van der Waals surface area contributed by atoms with Gasteiger partial charge in [-0.15, -0.1) is 0 Å². The molecule has 0 spiro atoms. The van der Waals surface area contributed by atoms with Crippen molar-refractivity contribution in [1.29, 1.82) is 0 Å². The highest BCUT2D eigenvalue weighted by atomic mass is 16.7. The number of piperazine rings is 1. The average Bonchev–Trinajstić information content (AvgIpc) is 3.15. The van der Waals surface area contributed by atoms with Crippen LogP contribution in [0.3, 0.4) is 0 Å². The fourth-order valence-electron chi connectivity index (χ4n) is 4.95. The van der Waals surface area contributed by atoms with Gasteiger partial charge in [-0.2, -0.15) is 0 Å². The van der Waals surface area contributed by atoms with E-state index in [1.54, 1.807) is 0 Å². The molecule has 1 aromatic carbocycles. The Morgan fingerprint density at radius 1 is 0.964 bits per heavy atom. The molecular weight excluding hydrogens is 354 g/mol. The molecule has 0 aromatic heterocycles. The molecule has 2 saturated heterocycles. The molecule has 0 radical (unpaired) electrons. The molecule has 1 saturated carbocycles. The quantitative estimate of drug-likeness (QED) is 0.796. The summed E-state index contributed by atoms with van der Waals surface area (Å²) in [7, 11) is 0. The molecule has 1 unspecified atom stereocenters. The molecule has 3 heterocycles. The number of benzene rings is 1. The average molecular weight is 386 g/mol. The Hall–Kier alpha value is -1.79. The van der Waals surface area contributed by atoms with E-state index < -0.39 is 0 Å². The maximum atomic E-state index is 12.6. The summed E-state index contributed by atoms with van der Waals surface area (Å²) in [6, 6.07) is 6.82. The Morgan fingerprint density at radius 2 is 1.79 bits per heavy atom. The number of ether oxygens (including phenoxy) is 2. The zero-order valence-corrected chi connectivity index (χ0v) is 16.6. The summed E-state index contributed by atoms with van der Waals surface area (Å²) in [5.74, 6) is 2.48. The molecule has 6 nitrogen and oxygen atoms in total. The molecule has 28 heavy (non-hydrogen) atoms. The van der Waals surface area contributed by atoms with Gasteiger partial charge in [0.1, 0.15) is 0 Å². The zero-order valence-electron chi connectivity index (χ0n) is 16.6. The monoisotopic (exact) mass is 385 g/mol. The number of carbonyl (C=O) groups excluding carboxylic acids is 1. The summed E-state index contributed by atoms with van der Waals surface area (Å²) in [5.41, 5.74) is 1.28. The van der Waals surface area contributed by atoms with Crippen LogP contribution in [0.4, 0.5) is 0 Å². The highest BCUT2D eigenvalue weighted by Crippen LogP contribution is 2.33. The van der Waals surface area contributed by atoms with Crippen molar-refractivity contribution in [3.8, 4) is 11.5 Å². The molecule has 1 atom stereocenters. The first-order valence-corrected chi connectivity index (χ1v) is 10.9. The van der Waals surface area contributed by atoms with Gasteiger partial charge in [-0.1, -0.05) is 12.5 Å². The lowest BCUT2D eigenvalue weighted by Crippen LogP contribution is -2.56. The third-order valence-corrected chi connectivity index (χ3v) is 6.93. The van der Waals surface area contributed by atoms with Crippen molar-refractivity contribution in [1.82, 2.24) is 14.7 Å². The van der Waals surface area contributed by atoms with E-state index >= 15 is 0 Å². The SMILES string of the molecule is O=C(C1CCC1)N1CCCC(N2CCN(Cc3ccc4c(c3)OCO4)CC2)C1. The molecule has 1 aromatic rings. The van der Waals surface area contributed by atoms with E-state index in [4.69, 9.17) is 9.47 Å². The molecule has 6 heteroatoms. The van der Waals surface area contributed by atoms with Crippen LogP contribution in [0.15, 0.2) is 18.2 Å². The second kappa shape index (κ2) is 7.91. The minimum atomic E-state index is 0.331. The molecule has 3 fully saturated rings. The van der Waals surface area contributed by atoms with E-state index in [1.165, 1.54) is 18.4 Å².